The van der Waals surface area contributed by atoms with Gasteiger partial charge in [0.15, 0.2) is 0 Å². The van der Waals surface area contributed by atoms with Gasteiger partial charge in [-0.1, -0.05) is 29.4 Å². The third-order valence-electron chi connectivity index (χ3n) is 2.59. The number of aromatic nitrogens is 1. The summed E-state index contributed by atoms with van der Waals surface area (Å²) in [5, 5.41) is 4.06. The SMILES string of the molecule is Cc1ccccc1-c1noc(C)c1CN. The molecule has 0 bridgehead atoms. The molecular weight excluding hydrogens is 188 g/mol. The van der Waals surface area contributed by atoms with Crippen LogP contribution >= 0.6 is 0 Å². The Morgan fingerprint density at radius 2 is 2.00 bits per heavy atom. The van der Waals surface area contributed by atoms with E-state index >= 15 is 0 Å². The maximum atomic E-state index is 5.68. The third-order valence-corrected chi connectivity index (χ3v) is 2.59. The Kier molecular flexibility index (Phi) is 2.56. The maximum Gasteiger partial charge on any atom is 0.138 e. The van der Waals surface area contributed by atoms with E-state index in [0.717, 1.165) is 22.6 Å². The zero-order chi connectivity index (χ0) is 10.8. The molecule has 2 rings (SSSR count). The van der Waals surface area contributed by atoms with Crippen LogP contribution in [0, 0.1) is 13.8 Å². The Hall–Kier alpha value is -1.61. The molecule has 15 heavy (non-hydrogen) atoms. The number of nitrogens with two attached hydrogens (primary N) is 1. The van der Waals surface area contributed by atoms with E-state index in [1.807, 2.05) is 25.1 Å². The number of hydrogen-bond donors (Lipinski definition) is 1. The van der Waals surface area contributed by atoms with Crippen molar-refractivity contribution in [3.05, 3.63) is 41.2 Å². The van der Waals surface area contributed by atoms with Gasteiger partial charge in [0.1, 0.15) is 11.5 Å². The standard InChI is InChI=1S/C12H14N2O/c1-8-5-3-4-6-10(8)12-11(7-13)9(2)15-14-12/h3-6H,7,13H2,1-2H3. The Bertz CT molecular complexity index is 474. The fraction of sp³-hybridized carbons (Fsp3) is 0.250. The van der Waals surface area contributed by atoms with Crippen molar-refractivity contribution in [3.8, 4) is 11.3 Å². The normalized spacial score (nSPS) is 10.6. The predicted molar refractivity (Wildman–Crippen MR) is 59.3 cm³/mol. The number of nitrogens with zero attached hydrogens (tertiary/aromatic N) is 1. The van der Waals surface area contributed by atoms with Crippen molar-refractivity contribution in [2.24, 2.45) is 5.73 Å². The van der Waals surface area contributed by atoms with Crippen LogP contribution in [0.1, 0.15) is 16.9 Å². The van der Waals surface area contributed by atoms with Crippen LogP contribution in [-0.4, -0.2) is 5.16 Å². The topological polar surface area (TPSA) is 52.0 Å². The number of rotatable bonds is 2. The van der Waals surface area contributed by atoms with Gasteiger partial charge in [-0.25, -0.2) is 0 Å². The maximum absolute atomic E-state index is 5.68. The van der Waals surface area contributed by atoms with Gasteiger partial charge >= 0.3 is 0 Å². The molecule has 0 radical (unpaired) electrons. The highest BCUT2D eigenvalue weighted by molar-refractivity contribution is 5.66. The monoisotopic (exact) mass is 202 g/mol. The van der Waals surface area contributed by atoms with Gasteiger partial charge in [0.25, 0.3) is 0 Å². The summed E-state index contributed by atoms with van der Waals surface area (Å²) in [5.74, 6) is 0.802. The van der Waals surface area contributed by atoms with Crippen molar-refractivity contribution in [1.82, 2.24) is 5.16 Å². The quantitative estimate of drug-likeness (QED) is 0.813. The Labute approximate surface area is 88.9 Å². The van der Waals surface area contributed by atoms with E-state index in [9.17, 15) is 0 Å². The van der Waals surface area contributed by atoms with Gasteiger partial charge in [-0.2, -0.15) is 0 Å². The van der Waals surface area contributed by atoms with E-state index in [-0.39, 0.29) is 0 Å². The van der Waals surface area contributed by atoms with Crippen LogP contribution in [0.15, 0.2) is 28.8 Å². The molecule has 0 fully saturated rings. The molecule has 1 aromatic carbocycles. The third kappa shape index (κ3) is 1.66. The summed E-state index contributed by atoms with van der Waals surface area (Å²) in [7, 11) is 0. The summed E-state index contributed by atoms with van der Waals surface area (Å²) >= 11 is 0. The lowest BCUT2D eigenvalue weighted by Gasteiger charge is -2.03. The summed E-state index contributed by atoms with van der Waals surface area (Å²) in [6.07, 6.45) is 0. The van der Waals surface area contributed by atoms with Gasteiger partial charge in [-0.05, 0) is 19.4 Å². The van der Waals surface area contributed by atoms with Crippen molar-refractivity contribution in [3.63, 3.8) is 0 Å². The summed E-state index contributed by atoms with van der Waals surface area (Å²) in [4.78, 5) is 0. The largest absolute Gasteiger partial charge is 0.361 e. The molecule has 0 spiro atoms. The van der Waals surface area contributed by atoms with Gasteiger partial charge in [-0.3, -0.25) is 0 Å². The Morgan fingerprint density at radius 3 is 2.67 bits per heavy atom. The summed E-state index contributed by atoms with van der Waals surface area (Å²) in [6.45, 7) is 4.40. The highest BCUT2D eigenvalue weighted by Gasteiger charge is 2.14. The van der Waals surface area contributed by atoms with Gasteiger partial charge in [0.2, 0.25) is 0 Å². The molecule has 0 atom stereocenters. The highest BCUT2D eigenvalue weighted by Crippen LogP contribution is 2.27. The average Bonchev–Trinajstić information content (AvgIpc) is 2.60. The zero-order valence-electron chi connectivity index (χ0n) is 8.95. The van der Waals surface area contributed by atoms with E-state index in [1.165, 1.54) is 5.56 Å². The molecule has 0 saturated carbocycles. The molecule has 3 heteroatoms. The zero-order valence-corrected chi connectivity index (χ0v) is 8.95. The highest BCUT2D eigenvalue weighted by atomic mass is 16.5. The lowest BCUT2D eigenvalue weighted by atomic mass is 10.0. The second kappa shape index (κ2) is 3.87. The lowest BCUT2D eigenvalue weighted by Crippen LogP contribution is -1.99. The summed E-state index contributed by atoms with van der Waals surface area (Å²) in [5.41, 5.74) is 9.82. The molecule has 0 aliphatic rings. The molecular formula is C12H14N2O. The first-order valence-electron chi connectivity index (χ1n) is 4.95. The van der Waals surface area contributed by atoms with E-state index in [2.05, 4.69) is 18.1 Å². The first kappa shape index (κ1) is 9.93. The van der Waals surface area contributed by atoms with Crippen molar-refractivity contribution in [1.29, 1.82) is 0 Å². The molecule has 78 valence electrons. The molecule has 3 nitrogen and oxygen atoms in total. The van der Waals surface area contributed by atoms with E-state index in [4.69, 9.17) is 10.3 Å². The molecule has 1 aromatic heterocycles. The van der Waals surface area contributed by atoms with Gasteiger partial charge in [0, 0.05) is 17.7 Å². The Morgan fingerprint density at radius 1 is 1.27 bits per heavy atom. The van der Waals surface area contributed by atoms with Crippen LogP contribution in [0.4, 0.5) is 0 Å². The fourth-order valence-corrected chi connectivity index (χ4v) is 1.68. The second-order valence-corrected chi connectivity index (χ2v) is 3.58. The molecule has 0 aliphatic carbocycles. The van der Waals surface area contributed by atoms with Gasteiger partial charge < -0.3 is 10.3 Å². The number of benzene rings is 1. The van der Waals surface area contributed by atoms with Crippen molar-refractivity contribution in [2.75, 3.05) is 0 Å². The van der Waals surface area contributed by atoms with Crippen LogP contribution in [0.3, 0.4) is 0 Å². The van der Waals surface area contributed by atoms with E-state index < -0.39 is 0 Å². The first-order valence-corrected chi connectivity index (χ1v) is 4.95. The van der Waals surface area contributed by atoms with Crippen molar-refractivity contribution >= 4 is 0 Å². The molecule has 0 amide bonds. The smallest absolute Gasteiger partial charge is 0.138 e. The number of hydrogen-bond acceptors (Lipinski definition) is 3. The fourth-order valence-electron chi connectivity index (χ4n) is 1.68. The molecule has 2 N–H and O–H groups in total. The minimum atomic E-state index is 0.457. The lowest BCUT2D eigenvalue weighted by molar-refractivity contribution is 0.398. The van der Waals surface area contributed by atoms with Gasteiger partial charge in [0.05, 0.1) is 0 Å². The molecule has 0 aliphatic heterocycles. The van der Waals surface area contributed by atoms with E-state index in [1.54, 1.807) is 0 Å². The van der Waals surface area contributed by atoms with Gasteiger partial charge in [-0.15, -0.1) is 0 Å². The average molecular weight is 202 g/mol. The summed E-state index contributed by atoms with van der Waals surface area (Å²) in [6, 6.07) is 8.09. The van der Waals surface area contributed by atoms with Crippen molar-refractivity contribution in [2.45, 2.75) is 20.4 Å². The minimum absolute atomic E-state index is 0.457. The Balaban J connectivity index is 2.59. The first-order chi connectivity index (χ1) is 7.24. The summed E-state index contributed by atoms with van der Waals surface area (Å²) < 4.78 is 5.17. The van der Waals surface area contributed by atoms with Crippen LogP contribution in [0.2, 0.25) is 0 Å². The second-order valence-electron chi connectivity index (χ2n) is 3.58. The van der Waals surface area contributed by atoms with Crippen LogP contribution < -0.4 is 5.73 Å². The number of aryl methyl sites for hydroxylation is 2. The van der Waals surface area contributed by atoms with Crippen LogP contribution in [-0.2, 0) is 6.54 Å². The minimum Gasteiger partial charge on any atom is -0.361 e. The molecule has 0 saturated heterocycles. The molecule has 2 aromatic rings. The molecule has 1 heterocycles. The van der Waals surface area contributed by atoms with E-state index in [0.29, 0.717) is 6.54 Å². The van der Waals surface area contributed by atoms with Crippen molar-refractivity contribution < 1.29 is 4.52 Å². The predicted octanol–water partition coefficient (Wildman–Crippen LogP) is 2.42. The molecule has 0 unspecified atom stereocenters. The van der Waals surface area contributed by atoms with Crippen LogP contribution in [0.25, 0.3) is 11.3 Å². The van der Waals surface area contributed by atoms with Crippen LogP contribution in [0.5, 0.6) is 0 Å².